The molecule has 0 radical (unpaired) electrons. The van der Waals surface area contributed by atoms with Crippen molar-refractivity contribution in [2.24, 2.45) is 23.7 Å². The summed E-state index contributed by atoms with van der Waals surface area (Å²) in [6.45, 7) is 0. The molecule has 0 saturated heterocycles. The van der Waals surface area contributed by atoms with E-state index in [1.807, 2.05) is 0 Å². The highest BCUT2D eigenvalue weighted by Crippen LogP contribution is 2.69. The molecule has 4 saturated carbocycles. The van der Waals surface area contributed by atoms with E-state index in [1.54, 1.807) is 11.1 Å². The molecule has 3 heteroatoms. The van der Waals surface area contributed by atoms with E-state index >= 15 is 0 Å². The molecule has 1 spiro atoms. The molecule has 3 nitrogen and oxygen atoms in total. The van der Waals surface area contributed by atoms with Crippen molar-refractivity contribution in [1.82, 2.24) is 9.13 Å². The number of rotatable bonds is 7. The lowest BCUT2D eigenvalue weighted by Gasteiger charge is -2.61. The molecule has 0 unspecified atom stereocenters. The monoisotopic (exact) mass is 935 g/mol. The van der Waals surface area contributed by atoms with Gasteiger partial charge in [-0.15, -0.1) is 0 Å². The number of nitrogens with zero attached hydrogens (tertiary/aromatic N) is 3. The summed E-state index contributed by atoms with van der Waals surface area (Å²) in [4.78, 5) is 2.50. The molecule has 5 aliphatic carbocycles. The zero-order valence-corrected chi connectivity index (χ0v) is 40.7. The molecule has 10 aromatic carbocycles. The van der Waals surface area contributed by atoms with Crippen LogP contribution in [-0.4, -0.2) is 9.13 Å². The van der Waals surface area contributed by atoms with Gasteiger partial charge in [0.25, 0.3) is 0 Å². The number of hydrogen-bond donors (Lipinski definition) is 0. The molecular formula is C70H53N3. The third-order valence-corrected chi connectivity index (χ3v) is 18.1. The molecule has 12 aromatic rings. The molecular weight excluding hydrogens is 883 g/mol. The van der Waals surface area contributed by atoms with Crippen molar-refractivity contribution < 1.29 is 0 Å². The first-order valence-electron chi connectivity index (χ1n) is 26.6. The molecule has 0 amide bonds. The normalized spacial score (nSPS) is 20.4. The maximum absolute atomic E-state index is 2.59. The van der Waals surface area contributed by atoms with E-state index in [9.17, 15) is 0 Å². The summed E-state index contributed by atoms with van der Waals surface area (Å²) in [5.41, 5.74) is 21.6. The highest BCUT2D eigenvalue weighted by molar-refractivity contribution is 6.19. The second kappa shape index (κ2) is 15.8. The smallest absolute Gasteiger partial charge is 0.0562 e. The Kier molecular flexibility index (Phi) is 8.93. The maximum atomic E-state index is 2.59. The molecule has 4 fully saturated rings. The zero-order valence-electron chi connectivity index (χ0n) is 40.7. The second-order valence-corrected chi connectivity index (χ2v) is 21.7. The Morgan fingerprint density at radius 2 is 0.877 bits per heavy atom. The van der Waals surface area contributed by atoms with Crippen LogP contribution in [0.5, 0.6) is 0 Å². The lowest BCUT2D eigenvalue weighted by molar-refractivity contribution is -0.0399. The molecule has 73 heavy (non-hydrogen) atoms. The van der Waals surface area contributed by atoms with E-state index in [4.69, 9.17) is 0 Å². The SMILES string of the molecule is c1ccc(-c2ccc(N(c3ccc4c(c3)c3c(-c5ccc6c(c5)-c5ccccc5C65C6CC7CC(C6)CC5C7)cccc3n4-c3ccccc3)c3cccc4c3c3ccccc3n4-c3ccccc3)cc2)cc1. The molecule has 348 valence electrons. The molecule has 4 bridgehead atoms. The average molecular weight is 936 g/mol. The minimum Gasteiger partial charge on any atom is -0.310 e. The van der Waals surface area contributed by atoms with Crippen LogP contribution in [0.1, 0.15) is 43.2 Å². The highest BCUT2D eigenvalue weighted by atomic mass is 15.1. The number of anilines is 3. The molecule has 0 aliphatic heterocycles. The van der Waals surface area contributed by atoms with Crippen LogP contribution in [0.15, 0.2) is 237 Å². The fourth-order valence-corrected chi connectivity index (χ4v) is 15.5. The Labute approximate surface area is 426 Å². The van der Waals surface area contributed by atoms with E-state index < -0.39 is 0 Å². The summed E-state index contributed by atoms with van der Waals surface area (Å²) in [5.74, 6) is 3.31. The predicted octanol–water partition coefficient (Wildman–Crippen LogP) is 18.4. The number of fused-ring (bicyclic) bond motifs is 9. The van der Waals surface area contributed by atoms with E-state index in [-0.39, 0.29) is 5.41 Å². The van der Waals surface area contributed by atoms with Crippen LogP contribution in [0.4, 0.5) is 17.1 Å². The Morgan fingerprint density at radius 3 is 1.60 bits per heavy atom. The van der Waals surface area contributed by atoms with Crippen LogP contribution < -0.4 is 4.90 Å². The van der Waals surface area contributed by atoms with Crippen molar-refractivity contribution in [1.29, 1.82) is 0 Å². The van der Waals surface area contributed by atoms with Gasteiger partial charge in [-0.1, -0.05) is 152 Å². The summed E-state index contributed by atoms with van der Waals surface area (Å²) >= 11 is 0. The first-order valence-corrected chi connectivity index (χ1v) is 26.6. The highest BCUT2D eigenvalue weighted by Gasteiger charge is 2.61. The van der Waals surface area contributed by atoms with Crippen LogP contribution in [0.2, 0.25) is 0 Å². The summed E-state index contributed by atoms with van der Waals surface area (Å²) in [6, 6.07) is 88.8. The van der Waals surface area contributed by atoms with E-state index in [0.717, 1.165) is 52.1 Å². The average Bonchev–Trinajstić information content (AvgIpc) is 4.13. The molecule has 2 aromatic heterocycles. The largest absolute Gasteiger partial charge is 0.310 e. The van der Waals surface area contributed by atoms with E-state index in [0.29, 0.717) is 0 Å². The molecule has 17 rings (SSSR count). The van der Waals surface area contributed by atoms with E-state index in [2.05, 4.69) is 251 Å². The third kappa shape index (κ3) is 5.94. The van der Waals surface area contributed by atoms with Gasteiger partial charge in [0.1, 0.15) is 0 Å². The summed E-state index contributed by atoms with van der Waals surface area (Å²) in [7, 11) is 0. The molecule has 0 atom stereocenters. The van der Waals surface area contributed by atoms with E-state index in [1.165, 1.54) is 109 Å². The van der Waals surface area contributed by atoms with Gasteiger partial charge in [0.2, 0.25) is 0 Å². The summed E-state index contributed by atoms with van der Waals surface area (Å²) < 4.78 is 4.91. The topological polar surface area (TPSA) is 13.1 Å². The van der Waals surface area contributed by atoms with Crippen molar-refractivity contribution >= 4 is 60.7 Å². The number of para-hydroxylation sites is 3. The minimum atomic E-state index is 0.140. The van der Waals surface area contributed by atoms with Gasteiger partial charge in [0.05, 0.1) is 27.8 Å². The molecule has 5 aliphatic rings. The second-order valence-electron chi connectivity index (χ2n) is 21.7. The molecule has 0 N–H and O–H groups in total. The van der Waals surface area contributed by atoms with Gasteiger partial charge in [0, 0.05) is 49.7 Å². The minimum absolute atomic E-state index is 0.140. The van der Waals surface area contributed by atoms with Crippen molar-refractivity contribution in [2.75, 3.05) is 4.90 Å². The van der Waals surface area contributed by atoms with Crippen molar-refractivity contribution in [2.45, 2.75) is 37.5 Å². The van der Waals surface area contributed by atoms with Gasteiger partial charge in [-0.2, -0.15) is 0 Å². The molecule has 2 heterocycles. The van der Waals surface area contributed by atoms with Gasteiger partial charge in [-0.05, 0) is 185 Å². The van der Waals surface area contributed by atoms with Gasteiger partial charge >= 0.3 is 0 Å². The van der Waals surface area contributed by atoms with Crippen LogP contribution in [-0.2, 0) is 5.41 Å². The van der Waals surface area contributed by atoms with Gasteiger partial charge in [0.15, 0.2) is 0 Å². The van der Waals surface area contributed by atoms with Crippen molar-refractivity contribution in [3.63, 3.8) is 0 Å². The lowest BCUT2D eigenvalue weighted by Crippen LogP contribution is -2.55. The van der Waals surface area contributed by atoms with Crippen LogP contribution >= 0.6 is 0 Å². The van der Waals surface area contributed by atoms with Crippen molar-refractivity contribution in [3.8, 4) is 44.8 Å². The van der Waals surface area contributed by atoms with Crippen molar-refractivity contribution in [3.05, 3.63) is 248 Å². The zero-order chi connectivity index (χ0) is 47.8. The Balaban J connectivity index is 0.937. The van der Waals surface area contributed by atoms with Gasteiger partial charge < -0.3 is 14.0 Å². The number of benzene rings is 10. The summed E-state index contributed by atoms with van der Waals surface area (Å²) in [5, 5.41) is 4.95. The van der Waals surface area contributed by atoms with Gasteiger partial charge in [-0.3, -0.25) is 0 Å². The third-order valence-electron chi connectivity index (χ3n) is 18.1. The predicted molar refractivity (Wildman–Crippen MR) is 304 cm³/mol. The Bertz CT molecular complexity index is 4110. The Morgan fingerprint density at radius 1 is 0.342 bits per heavy atom. The standard InChI is InChI=1S/C70H53N3/c1-4-16-47(17-5-1)48-30-33-54(34-31-48)71(66-28-15-29-67-69(66)58-23-11-13-26-63(58)72(67)52-18-6-2-7-19-52)55-35-37-64-60(44-55)68-56(24-14-27-65(68)73(64)53-20-8-3-9-21-53)49-32-36-62-59(43-49)57-22-10-12-25-61(57)70(62)50-39-45-38-46(41-50)42-51(70)40-45/h1-37,43-46,50-51H,38-42H2. The van der Waals surface area contributed by atoms with Crippen LogP contribution in [0.25, 0.3) is 88.4 Å². The fraction of sp³-hybridized carbons (Fsp3) is 0.143. The first-order chi connectivity index (χ1) is 36.2. The first kappa shape index (κ1) is 41.2. The lowest BCUT2D eigenvalue weighted by atomic mass is 9.43. The maximum Gasteiger partial charge on any atom is 0.0562 e. The quantitative estimate of drug-likeness (QED) is 0.155. The summed E-state index contributed by atoms with van der Waals surface area (Å²) in [6.07, 6.45) is 7.02. The Hall–Kier alpha value is -8.40. The number of aromatic nitrogens is 2. The number of hydrogen-bond acceptors (Lipinski definition) is 1. The van der Waals surface area contributed by atoms with Crippen LogP contribution in [0, 0.1) is 23.7 Å². The fourth-order valence-electron chi connectivity index (χ4n) is 15.5. The van der Waals surface area contributed by atoms with Gasteiger partial charge in [-0.25, -0.2) is 0 Å². The van der Waals surface area contributed by atoms with Crippen LogP contribution in [0.3, 0.4) is 0 Å².